The van der Waals surface area contributed by atoms with Gasteiger partial charge in [0.2, 0.25) is 0 Å². The van der Waals surface area contributed by atoms with Crippen LogP contribution in [0.3, 0.4) is 0 Å². The second-order valence-corrected chi connectivity index (χ2v) is 10.5. The second kappa shape index (κ2) is 17.1. The molecule has 36 heavy (non-hydrogen) atoms. The SMILES string of the molecule is CCCCc1ccc[n+](CCCCCc2ccccc2CCCCC[n+]2cccc(CCCC)c2)c1. The van der Waals surface area contributed by atoms with Gasteiger partial charge in [-0.2, -0.15) is 0 Å². The topological polar surface area (TPSA) is 7.76 Å². The Morgan fingerprint density at radius 2 is 0.944 bits per heavy atom. The molecule has 0 bridgehead atoms. The van der Waals surface area contributed by atoms with E-state index in [-0.39, 0.29) is 0 Å². The van der Waals surface area contributed by atoms with Gasteiger partial charge in [-0.1, -0.05) is 51.0 Å². The summed E-state index contributed by atoms with van der Waals surface area (Å²) in [6, 6.07) is 18.1. The Balaban J connectivity index is 1.33. The summed E-state index contributed by atoms with van der Waals surface area (Å²) in [7, 11) is 0. The van der Waals surface area contributed by atoms with Gasteiger partial charge in [-0.25, -0.2) is 9.13 Å². The zero-order chi connectivity index (χ0) is 25.3. The zero-order valence-corrected chi connectivity index (χ0v) is 23.1. The van der Waals surface area contributed by atoms with Gasteiger partial charge in [0.15, 0.2) is 24.8 Å². The first-order chi connectivity index (χ1) is 17.8. The number of benzene rings is 1. The lowest BCUT2D eigenvalue weighted by atomic mass is 9.97. The highest BCUT2D eigenvalue weighted by molar-refractivity contribution is 5.27. The summed E-state index contributed by atoms with van der Waals surface area (Å²) < 4.78 is 4.78. The van der Waals surface area contributed by atoms with Crippen molar-refractivity contribution in [1.29, 1.82) is 0 Å². The molecule has 1 aromatic carbocycles. The number of unbranched alkanes of at least 4 members (excludes halogenated alkanes) is 6. The van der Waals surface area contributed by atoms with Crippen LogP contribution in [-0.2, 0) is 38.8 Å². The van der Waals surface area contributed by atoms with Gasteiger partial charge < -0.3 is 0 Å². The van der Waals surface area contributed by atoms with E-state index in [9.17, 15) is 0 Å². The predicted molar refractivity (Wildman–Crippen MR) is 152 cm³/mol. The van der Waals surface area contributed by atoms with Crippen LogP contribution in [0.4, 0.5) is 0 Å². The summed E-state index contributed by atoms with van der Waals surface area (Å²) >= 11 is 0. The van der Waals surface area contributed by atoms with Crippen molar-refractivity contribution in [2.45, 2.75) is 117 Å². The van der Waals surface area contributed by atoms with Gasteiger partial charge in [-0.3, -0.25) is 0 Å². The number of aryl methyl sites for hydroxylation is 6. The van der Waals surface area contributed by atoms with Crippen molar-refractivity contribution in [3.63, 3.8) is 0 Å². The number of aromatic nitrogens is 2. The van der Waals surface area contributed by atoms with Crippen LogP contribution in [0.1, 0.15) is 100 Å². The van der Waals surface area contributed by atoms with Crippen molar-refractivity contribution in [2.75, 3.05) is 0 Å². The minimum Gasteiger partial charge on any atom is -0.205 e. The van der Waals surface area contributed by atoms with E-state index in [4.69, 9.17) is 0 Å². The fourth-order valence-corrected chi connectivity index (χ4v) is 5.11. The highest BCUT2D eigenvalue weighted by Crippen LogP contribution is 2.16. The molecule has 0 saturated carbocycles. The molecule has 3 aromatic rings. The average molecular weight is 487 g/mol. The van der Waals surface area contributed by atoms with Crippen molar-refractivity contribution in [3.8, 4) is 0 Å². The summed E-state index contributed by atoms with van der Waals surface area (Å²) in [6.07, 6.45) is 26.8. The number of rotatable bonds is 18. The Kier molecular flexibility index (Phi) is 13.3. The Morgan fingerprint density at radius 1 is 0.472 bits per heavy atom. The molecule has 2 nitrogen and oxygen atoms in total. The second-order valence-electron chi connectivity index (χ2n) is 10.5. The van der Waals surface area contributed by atoms with Crippen LogP contribution in [0, 0.1) is 0 Å². The largest absolute Gasteiger partial charge is 0.205 e. The van der Waals surface area contributed by atoms with Gasteiger partial charge in [0.05, 0.1) is 0 Å². The van der Waals surface area contributed by atoms with E-state index in [1.165, 1.54) is 101 Å². The summed E-state index contributed by atoms with van der Waals surface area (Å²) in [5.74, 6) is 0. The molecule has 0 aliphatic heterocycles. The first kappa shape index (κ1) is 28.1. The molecule has 194 valence electrons. The summed E-state index contributed by atoms with van der Waals surface area (Å²) in [5, 5.41) is 0. The third-order valence-corrected chi connectivity index (χ3v) is 7.32. The number of hydrogen-bond donors (Lipinski definition) is 0. The third kappa shape index (κ3) is 10.6. The van der Waals surface area contributed by atoms with E-state index in [1.54, 1.807) is 11.1 Å². The van der Waals surface area contributed by atoms with Crippen molar-refractivity contribution < 1.29 is 9.13 Å². The summed E-state index contributed by atoms with van der Waals surface area (Å²) in [5.41, 5.74) is 6.11. The number of hydrogen-bond acceptors (Lipinski definition) is 0. The lowest BCUT2D eigenvalue weighted by Crippen LogP contribution is -2.33. The molecule has 0 N–H and O–H groups in total. The van der Waals surface area contributed by atoms with Gasteiger partial charge in [0.1, 0.15) is 13.1 Å². The van der Waals surface area contributed by atoms with Crippen LogP contribution in [-0.4, -0.2) is 0 Å². The van der Waals surface area contributed by atoms with E-state index in [0.29, 0.717) is 0 Å². The maximum Gasteiger partial charge on any atom is 0.171 e. The fourth-order valence-electron chi connectivity index (χ4n) is 5.11. The molecule has 0 aliphatic carbocycles. The molecule has 0 unspecified atom stereocenters. The van der Waals surface area contributed by atoms with Gasteiger partial charge in [-0.15, -0.1) is 0 Å². The highest BCUT2D eigenvalue weighted by Gasteiger charge is 2.06. The monoisotopic (exact) mass is 486 g/mol. The molecule has 0 saturated heterocycles. The minimum atomic E-state index is 1.14. The summed E-state index contributed by atoms with van der Waals surface area (Å²) in [4.78, 5) is 0. The van der Waals surface area contributed by atoms with Gasteiger partial charge >= 0.3 is 0 Å². The highest BCUT2D eigenvalue weighted by atomic mass is 14.9. The molecule has 2 heterocycles. The van der Waals surface area contributed by atoms with Crippen LogP contribution < -0.4 is 9.13 Å². The maximum absolute atomic E-state index is 2.39. The molecule has 0 aliphatic rings. The molecule has 2 heteroatoms. The molecule has 0 amide bonds. The fraction of sp³-hybridized carbons (Fsp3) is 0.529. The van der Waals surface area contributed by atoms with E-state index in [1.807, 2.05) is 0 Å². The van der Waals surface area contributed by atoms with Crippen molar-refractivity contribution in [3.05, 3.63) is 95.6 Å². The van der Waals surface area contributed by atoms with Crippen LogP contribution in [0.15, 0.2) is 73.3 Å². The zero-order valence-electron chi connectivity index (χ0n) is 23.1. The van der Waals surface area contributed by atoms with E-state index in [0.717, 1.165) is 13.1 Å². The Hall–Kier alpha value is -2.48. The minimum absolute atomic E-state index is 1.14. The molecule has 0 spiro atoms. The number of nitrogens with zero attached hydrogens (tertiary/aromatic N) is 2. The molecular formula is C34H50N2+2. The number of pyridine rings is 2. The molecule has 3 rings (SSSR count). The maximum atomic E-state index is 2.39. The van der Waals surface area contributed by atoms with Crippen LogP contribution >= 0.6 is 0 Å². The Morgan fingerprint density at radius 3 is 1.39 bits per heavy atom. The molecular weight excluding hydrogens is 436 g/mol. The molecule has 2 aromatic heterocycles. The van der Waals surface area contributed by atoms with E-state index >= 15 is 0 Å². The van der Waals surface area contributed by atoms with E-state index in [2.05, 4.69) is 96.3 Å². The average Bonchev–Trinajstić information content (AvgIpc) is 2.91. The van der Waals surface area contributed by atoms with Crippen molar-refractivity contribution in [2.24, 2.45) is 0 Å². The van der Waals surface area contributed by atoms with E-state index < -0.39 is 0 Å². The molecule has 0 atom stereocenters. The lowest BCUT2D eigenvalue weighted by Gasteiger charge is -2.09. The standard InChI is InChI=1S/C34H50N2/c1-3-5-17-31-19-15-27-35(29-31)25-13-7-9-21-33-23-11-12-24-34(33)22-10-8-14-26-36-28-16-20-32(30-36)18-6-4-2/h11-12,15-16,19-20,23-24,27-30H,3-10,13-14,17-18,21-22,25-26H2,1-2H3/q+2. The van der Waals surface area contributed by atoms with Gasteiger partial charge in [0, 0.05) is 36.1 Å². The summed E-state index contributed by atoms with van der Waals surface area (Å²) in [6.45, 7) is 6.82. The smallest absolute Gasteiger partial charge is 0.171 e. The van der Waals surface area contributed by atoms with Crippen LogP contribution in [0.2, 0.25) is 0 Å². The van der Waals surface area contributed by atoms with Crippen LogP contribution in [0.25, 0.3) is 0 Å². The van der Waals surface area contributed by atoms with Gasteiger partial charge in [-0.05, 0) is 87.5 Å². The normalized spacial score (nSPS) is 11.2. The molecule has 0 radical (unpaired) electrons. The molecule has 0 fully saturated rings. The van der Waals surface area contributed by atoms with Crippen LogP contribution in [0.5, 0.6) is 0 Å². The Labute approximate surface area is 221 Å². The third-order valence-electron chi connectivity index (χ3n) is 7.32. The Bertz CT molecular complexity index is 913. The van der Waals surface area contributed by atoms with Crippen molar-refractivity contribution >= 4 is 0 Å². The predicted octanol–water partition coefficient (Wildman–Crippen LogP) is 7.77. The quantitative estimate of drug-likeness (QED) is 0.128. The first-order valence-electron chi connectivity index (χ1n) is 14.8. The lowest BCUT2D eigenvalue weighted by molar-refractivity contribution is -0.697. The van der Waals surface area contributed by atoms with Crippen molar-refractivity contribution in [1.82, 2.24) is 0 Å². The first-order valence-corrected chi connectivity index (χ1v) is 14.8. The van der Waals surface area contributed by atoms with Gasteiger partial charge in [0.25, 0.3) is 0 Å².